The fraction of sp³-hybridized carbons (Fsp3) is 0.190. The Labute approximate surface area is 162 Å². The minimum absolute atomic E-state index is 0.307. The number of hydrogen-bond donors (Lipinski definition) is 0. The summed E-state index contributed by atoms with van der Waals surface area (Å²) in [5.74, 6) is 0.717. The highest BCUT2D eigenvalue weighted by Crippen LogP contribution is 2.26. The molecule has 6 nitrogen and oxygen atoms in total. The summed E-state index contributed by atoms with van der Waals surface area (Å²) in [5.41, 5.74) is 1.75. The van der Waals surface area contributed by atoms with Crippen molar-refractivity contribution in [1.29, 1.82) is 5.26 Å². The van der Waals surface area contributed by atoms with E-state index in [4.69, 9.17) is 4.74 Å². The molecule has 0 saturated carbocycles. The summed E-state index contributed by atoms with van der Waals surface area (Å²) in [5, 5.41) is 18.4. The number of benzene rings is 2. The molecule has 0 bridgehead atoms. The third kappa shape index (κ3) is 3.63. The van der Waals surface area contributed by atoms with Gasteiger partial charge in [-0.1, -0.05) is 30.3 Å². The van der Waals surface area contributed by atoms with Crippen molar-refractivity contribution in [2.24, 2.45) is 0 Å². The summed E-state index contributed by atoms with van der Waals surface area (Å²) in [6.07, 6.45) is 1.62. The predicted octanol–water partition coefficient (Wildman–Crippen LogP) is 3.31. The van der Waals surface area contributed by atoms with Crippen LogP contribution in [0.25, 0.3) is 17.3 Å². The van der Waals surface area contributed by atoms with E-state index in [1.807, 2.05) is 34.9 Å². The molecule has 140 valence electrons. The van der Waals surface area contributed by atoms with Crippen LogP contribution in [-0.2, 0) is 4.74 Å². The lowest BCUT2D eigenvalue weighted by atomic mass is 10.1. The van der Waals surface area contributed by atoms with Crippen LogP contribution in [0, 0.1) is 17.1 Å². The average Bonchev–Trinajstić information content (AvgIpc) is 3.18. The molecule has 1 aromatic heterocycles. The van der Waals surface area contributed by atoms with Crippen molar-refractivity contribution in [1.82, 2.24) is 14.8 Å². The molecule has 2 heterocycles. The van der Waals surface area contributed by atoms with Crippen LogP contribution in [0.4, 0.5) is 10.3 Å². The number of morpholine rings is 1. The van der Waals surface area contributed by atoms with Gasteiger partial charge in [-0.25, -0.2) is 4.39 Å². The summed E-state index contributed by atoms with van der Waals surface area (Å²) >= 11 is 0. The van der Waals surface area contributed by atoms with Gasteiger partial charge in [0.2, 0.25) is 5.95 Å². The first-order valence-electron chi connectivity index (χ1n) is 8.97. The summed E-state index contributed by atoms with van der Waals surface area (Å²) in [6.45, 7) is 2.61. The lowest BCUT2D eigenvalue weighted by Crippen LogP contribution is -2.38. The van der Waals surface area contributed by atoms with Crippen LogP contribution in [-0.4, -0.2) is 41.1 Å². The second kappa shape index (κ2) is 8.03. The van der Waals surface area contributed by atoms with Gasteiger partial charge in [-0.15, -0.1) is 10.2 Å². The van der Waals surface area contributed by atoms with Crippen molar-refractivity contribution in [2.45, 2.75) is 0 Å². The number of nitrogens with zero attached hydrogens (tertiary/aromatic N) is 5. The van der Waals surface area contributed by atoms with E-state index in [1.165, 1.54) is 12.1 Å². The number of anilines is 1. The highest BCUT2D eigenvalue weighted by atomic mass is 19.1. The van der Waals surface area contributed by atoms with Gasteiger partial charge in [0.15, 0.2) is 5.82 Å². The molecule has 28 heavy (non-hydrogen) atoms. The predicted molar refractivity (Wildman–Crippen MR) is 104 cm³/mol. The summed E-state index contributed by atoms with van der Waals surface area (Å²) in [7, 11) is 0. The number of halogens is 1. The number of nitriles is 1. The van der Waals surface area contributed by atoms with E-state index in [-0.39, 0.29) is 5.82 Å². The van der Waals surface area contributed by atoms with Crippen LogP contribution in [0.1, 0.15) is 11.4 Å². The molecule has 2 aromatic carbocycles. The Balaban J connectivity index is 1.84. The maximum atomic E-state index is 13.6. The molecular formula is C21H18FN5O. The standard InChI is InChI=1S/C21H18FN5O/c22-18-6-4-5-16(14-18)13-17(15-23)20-24-25-21(26-9-11-28-12-10-26)27(20)19-7-2-1-3-8-19/h1-8,13-14H,9-12H2/b17-13-. The summed E-state index contributed by atoms with van der Waals surface area (Å²) in [6, 6.07) is 17.9. The minimum Gasteiger partial charge on any atom is -0.378 e. The second-order valence-electron chi connectivity index (χ2n) is 6.32. The number of allylic oxidation sites excluding steroid dienone is 1. The lowest BCUT2D eigenvalue weighted by molar-refractivity contribution is 0.122. The van der Waals surface area contributed by atoms with Gasteiger partial charge >= 0.3 is 0 Å². The number of rotatable bonds is 4. The molecule has 1 aliphatic heterocycles. The van der Waals surface area contributed by atoms with Crippen molar-refractivity contribution in [3.05, 3.63) is 71.8 Å². The second-order valence-corrected chi connectivity index (χ2v) is 6.32. The zero-order valence-electron chi connectivity index (χ0n) is 15.1. The third-order valence-corrected chi connectivity index (χ3v) is 4.48. The van der Waals surface area contributed by atoms with E-state index >= 15 is 0 Å². The van der Waals surface area contributed by atoms with Gasteiger partial charge in [-0.3, -0.25) is 4.57 Å². The molecule has 1 saturated heterocycles. The van der Waals surface area contributed by atoms with Gasteiger partial charge < -0.3 is 9.64 Å². The van der Waals surface area contributed by atoms with Gasteiger partial charge in [-0.2, -0.15) is 5.26 Å². The van der Waals surface area contributed by atoms with Gasteiger partial charge in [0.1, 0.15) is 11.9 Å². The molecule has 3 aromatic rings. The third-order valence-electron chi connectivity index (χ3n) is 4.48. The Bertz CT molecular complexity index is 1030. The number of para-hydroxylation sites is 1. The topological polar surface area (TPSA) is 67.0 Å². The Morgan fingerprint density at radius 3 is 2.57 bits per heavy atom. The summed E-state index contributed by atoms with van der Waals surface area (Å²) < 4.78 is 20.8. The highest BCUT2D eigenvalue weighted by Gasteiger charge is 2.23. The Morgan fingerprint density at radius 1 is 1.07 bits per heavy atom. The molecule has 0 N–H and O–H groups in total. The monoisotopic (exact) mass is 375 g/mol. The molecule has 4 rings (SSSR count). The van der Waals surface area contributed by atoms with E-state index in [0.717, 1.165) is 5.69 Å². The zero-order chi connectivity index (χ0) is 19.3. The van der Waals surface area contributed by atoms with E-state index < -0.39 is 0 Å². The smallest absolute Gasteiger partial charge is 0.232 e. The van der Waals surface area contributed by atoms with Crippen LogP contribution in [0.5, 0.6) is 0 Å². The van der Waals surface area contributed by atoms with E-state index in [0.29, 0.717) is 49.2 Å². The molecule has 0 amide bonds. The number of hydrogen-bond acceptors (Lipinski definition) is 5. The number of aromatic nitrogens is 3. The first-order valence-corrected chi connectivity index (χ1v) is 8.97. The van der Waals surface area contributed by atoms with Crippen molar-refractivity contribution in [2.75, 3.05) is 31.2 Å². The van der Waals surface area contributed by atoms with Gasteiger partial charge in [0.25, 0.3) is 0 Å². The zero-order valence-corrected chi connectivity index (χ0v) is 15.1. The van der Waals surface area contributed by atoms with Gasteiger partial charge in [0.05, 0.1) is 24.5 Å². The van der Waals surface area contributed by atoms with Crippen LogP contribution >= 0.6 is 0 Å². The summed E-state index contributed by atoms with van der Waals surface area (Å²) in [4.78, 5) is 2.09. The van der Waals surface area contributed by atoms with Crippen LogP contribution < -0.4 is 4.90 Å². The maximum Gasteiger partial charge on any atom is 0.232 e. The van der Waals surface area contributed by atoms with Gasteiger partial charge in [0, 0.05) is 13.1 Å². The lowest BCUT2D eigenvalue weighted by Gasteiger charge is -2.28. The van der Waals surface area contributed by atoms with Crippen molar-refractivity contribution >= 4 is 17.6 Å². The quantitative estimate of drug-likeness (QED) is 0.655. The largest absolute Gasteiger partial charge is 0.378 e. The van der Waals surface area contributed by atoms with E-state index in [1.54, 1.807) is 18.2 Å². The SMILES string of the molecule is N#C/C(=C/c1cccc(F)c1)c1nnc(N2CCOCC2)n1-c1ccccc1. The van der Waals surface area contributed by atoms with Crippen LogP contribution in [0.3, 0.4) is 0 Å². The van der Waals surface area contributed by atoms with E-state index in [9.17, 15) is 9.65 Å². The molecule has 1 aliphatic rings. The molecule has 0 spiro atoms. The molecule has 0 aliphatic carbocycles. The Morgan fingerprint density at radius 2 is 1.86 bits per heavy atom. The highest BCUT2D eigenvalue weighted by molar-refractivity contribution is 5.88. The van der Waals surface area contributed by atoms with Crippen molar-refractivity contribution in [3.8, 4) is 11.8 Å². The van der Waals surface area contributed by atoms with Crippen LogP contribution in [0.15, 0.2) is 54.6 Å². The Kier molecular flexibility index (Phi) is 5.13. The van der Waals surface area contributed by atoms with Gasteiger partial charge in [-0.05, 0) is 35.9 Å². The number of ether oxygens (including phenoxy) is 1. The molecule has 1 fully saturated rings. The fourth-order valence-electron chi connectivity index (χ4n) is 3.14. The molecule has 0 atom stereocenters. The molecule has 7 heteroatoms. The molecule has 0 radical (unpaired) electrons. The first-order chi connectivity index (χ1) is 13.8. The first kappa shape index (κ1) is 17.9. The minimum atomic E-state index is -0.357. The molecular weight excluding hydrogens is 357 g/mol. The van der Waals surface area contributed by atoms with E-state index in [2.05, 4.69) is 21.2 Å². The average molecular weight is 375 g/mol. The Hall–Kier alpha value is -3.50. The van der Waals surface area contributed by atoms with Crippen LogP contribution in [0.2, 0.25) is 0 Å². The maximum absolute atomic E-state index is 13.6. The van der Waals surface area contributed by atoms with Crippen molar-refractivity contribution < 1.29 is 9.13 Å². The molecule has 0 unspecified atom stereocenters. The fourth-order valence-corrected chi connectivity index (χ4v) is 3.14. The normalized spacial score (nSPS) is 14.7. The van der Waals surface area contributed by atoms with Crippen molar-refractivity contribution in [3.63, 3.8) is 0 Å².